The van der Waals surface area contributed by atoms with Crippen LogP contribution in [0.5, 0.6) is 0 Å². The number of aromatic nitrogens is 1. The molecule has 1 aromatic heterocycles. The average Bonchev–Trinajstić information content (AvgIpc) is 3.44. The molecular formula is C26H24ClFN4O3S. The van der Waals surface area contributed by atoms with Gasteiger partial charge in [-0.1, -0.05) is 29.8 Å². The molecule has 36 heavy (non-hydrogen) atoms. The lowest BCUT2D eigenvalue weighted by Gasteiger charge is -2.18. The minimum atomic E-state index is -0.730. The summed E-state index contributed by atoms with van der Waals surface area (Å²) in [6, 6.07) is 12.5. The Hall–Kier alpha value is -3.27. The van der Waals surface area contributed by atoms with Crippen LogP contribution in [0, 0.1) is 5.82 Å². The fourth-order valence-electron chi connectivity index (χ4n) is 4.80. The van der Waals surface area contributed by atoms with E-state index in [2.05, 4.69) is 15.2 Å². The van der Waals surface area contributed by atoms with Crippen LogP contribution in [0.4, 0.5) is 10.2 Å². The zero-order valence-electron chi connectivity index (χ0n) is 19.2. The van der Waals surface area contributed by atoms with E-state index in [9.17, 15) is 9.90 Å². The first kappa shape index (κ1) is 24.4. The van der Waals surface area contributed by atoms with E-state index in [0.717, 1.165) is 18.5 Å². The summed E-state index contributed by atoms with van der Waals surface area (Å²) in [6.07, 6.45) is 2.63. The van der Waals surface area contributed by atoms with Gasteiger partial charge in [-0.15, -0.1) is 0 Å². The van der Waals surface area contributed by atoms with Crippen molar-refractivity contribution in [2.24, 2.45) is 0 Å². The second-order valence-corrected chi connectivity index (χ2v) is 9.76. The van der Waals surface area contributed by atoms with Gasteiger partial charge in [-0.05, 0) is 65.7 Å². The van der Waals surface area contributed by atoms with Crippen LogP contribution in [0.2, 0.25) is 5.02 Å². The van der Waals surface area contributed by atoms with Crippen molar-refractivity contribution < 1.29 is 19.0 Å². The Bertz CT molecular complexity index is 1340. The summed E-state index contributed by atoms with van der Waals surface area (Å²) in [5.74, 6) is -0.876. The molecule has 1 amide bonds. The number of nitrogens with two attached hydrogens (primary N) is 1. The number of halogens is 2. The van der Waals surface area contributed by atoms with Gasteiger partial charge in [0.05, 0.1) is 24.3 Å². The topological polar surface area (TPSA) is 101 Å². The molecule has 3 aromatic rings. The number of ether oxygens (including phenoxy) is 1. The number of nitrogen functional groups attached to an aromatic ring is 1. The van der Waals surface area contributed by atoms with Gasteiger partial charge in [-0.25, -0.2) is 9.37 Å². The number of carbonyl (C=O) groups excluding carboxylic acids is 1. The molecule has 10 heteroatoms. The Balaban J connectivity index is 1.36. The number of amides is 1. The molecule has 2 fully saturated rings. The number of hydrogen-bond donors (Lipinski definition) is 3. The Labute approximate surface area is 218 Å². The van der Waals surface area contributed by atoms with Crippen molar-refractivity contribution >= 4 is 40.7 Å². The zero-order chi connectivity index (χ0) is 25.4. The van der Waals surface area contributed by atoms with Gasteiger partial charge in [0.15, 0.2) is 0 Å². The molecule has 7 nitrogen and oxygen atoms in total. The molecule has 0 bridgehead atoms. The molecule has 0 saturated carbocycles. The molecule has 4 N–H and O–H groups in total. The van der Waals surface area contributed by atoms with Crippen molar-refractivity contribution in [3.8, 4) is 11.1 Å². The van der Waals surface area contributed by atoms with E-state index in [1.54, 1.807) is 36.5 Å². The summed E-state index contributed by atoms with van der Waals surface area (Å²) >= 11 is 11.3. The number of rotatable bonds is 6. The van der Waals surface area contributed by atoms with E-state index < -0.39 is 17.8 Å². The fraction of sp³-hybridized carbons (Fsp3) is 0.269. The van der Waals surface area contributed by atoms with Crippen LogP contribution in [0.25, 0.3) is 11.1 Å². The molecule has 186 valence electrons. The predicted octanol–water partition coefficient (Wildman–Crippen LogP) is 4.06. The summed E-state index contributed by atoms with van der Waals surface area (Å²) in [4.78, 5) is 19.2. The number of thiocarbonyl (C=S) groups is 1. The van der Waals surface area contributed by atoms with E-state index in [1.807, 2.05) is 6.07 Å². The second-order valence-electron chi connectivity index (χ2n) is 8.98. The van der Waals surface area contributed by atoms with Crippen molar-refractivity contribution in [2.75, 3.05) is 25.5 Å². The van der Waals surface area contributed by atoms with Crippen LogP contribution in [-0.4, -0.2) is 51.9 Å². The Morgan fingerprint density at radius 1 is 1.33 bits per heavy atom. The van der Waals surface area contributed by atoms with Crippen LogP contribution < -0.4 is 11.1 Å². The number of benzene rings is 2. The first-order valence-electron chi connectivity index (χ1n) is 11.5. The van der Waals surface area contributed by atoms with Crippen molar-refractivity contribution in [3.63, 3.8) is 0 Å². The number of carbonyl (C=O) groups is 1. The van der Waals surface area contributed by atoms with E-state index in [4.69, 9.17) is 34.3 Å². The number of nitrogens with one attached hydrogen (secondary N) is 1. The van der Waals surface area contributed by atoms with Gasteiger partial charge < -0.3 is 25.8 Å². The van der Waals surface area contributed by atoms with E-state index >= 15 is 4.39 Å². The first-order chi connectivity index (χ1) is 17.3. The van der Waals surface area contributed by atoms with E-state index in [1.165, 1.54) is 12.1 Å². The average molecular weight is 527 g/mol. The van der Waals surface area contributed by atoms with Crippen molar-refractivity contribution in [1.82, 2.24) is 15.2 Å². The summed E-state index contributed by atoms with van der Waals surface area (Å²) in [6.45, 7) is 0.964. The lowest BCUT2D eigenvalue weighted by molar-refractivity contribution is 0.0912. The van der Waals surface area contributed by atoms with Crippen molar-refractivity contribution in [3.05, 3.63) is 82.3 Å². The Kier molecular flexibility index (Phi) is 6.79. The van der Waals surface area contributed by atoms with Crippen LogP contribution in [0.3, 0.4) is 0 Å². The number of fused-ring (bicyclic) bond motifs is 1. The highest BCUT2D eigenvalue weighted by molar-refractivity contribution is 7.80. The minimum Gasteiger partial charge on any atom is -0.469 e. The number of nitrogens with zero attached hydrogens (tertiary/aromatic N) is 2. The maximum atomic E-state index is 15.1. The lowest BCUT2D eigenvalue weighted by Crippen LogP contribution is -2.31. The Morgan fingerprint density at radius 2 is 2.17 bits per heavy atom. The molecule has 2 saturated heterocycles. The van der Waals surface area contributed by atoms with Gasteiger partial charge in [-0.2, -0.15) is 0 Å². The van der Waals surface area contributed by atoms with Crippen LogP contribution >= 0.6 is 23.8 Å². The predicted molar refractivity (Wildman–Crippen MR) is 139 cm³/mol. The summed E-state index contributed by atoms with van der Waals surface area (Å²) in [5, 5.41) is 13.4. The third kappa shape index (κ3) is 4.74. The third-order valence-electron chi connectivity index (χ3n) is 6.72. The quantitative estimate of drug-likeness (QED) is 0.416. The van der Waals surface area contributed by atoms with Crippen molar-refractivity contribution in [1.29, 1.82) is 0 Å². The fourth-order valence-corrected chi connectivity index (χ4v) is 5.29. The second kappa shape index (κ2) is 10.0. The zero-order valence-corrected chi connectivity index (χ0v) is 20.7. The molecule has 5 rings (SSSR count). The Morgan fingerprint density at radius 3 is 2.89 bits per heavy atom. The molecule has 3 atom stereocenters. The van der Waals surface area contributed by atoms with Gasteiger partial charge in [0.25, 0.3) is 11.1 Å². The summed E-state index contributed by atoms with van der Waals surface area (Å²) in [7, 11) is 0. The van der Waals surface area contributed by atoms with Crippen LogP contribution in [-0.2, 0) is 4.74 Å². The molecule has 0 radical (unpaired) electrons. The molecule has 2 aliphatic rings. The number of pyridine rings is 1. The number of anilines is 1. The number of aliphatic hydroxyl groups excluding tert-OH is 1. The molecule has 0 spiro atoms. The van der Waals surface area contributed by atoms with Gasteiger partial charge in [0.1, 0.15) is 18.2 Å². The van der Waals surface area contributed by atoms with Crippen LogP contribution in [0.15, 0.2) is 54.7 Å². The van der Waals surface area contributed by atoms with E-state index in [-0.39, 0.29) is 29.9 Å². The maximum Gasteiger partial charge on any atom is 0.259 e. The molecule has 1 unspecified atom stereocenters. The highest BCUT2D eigenvalue weighted by Crippen LogP contribution is 2.37. The summed E-state index contributed by atoms with van der Waals surface area (Å²) < 4.78 is 20.5. The minimum absolute atomic E-state index is 0.146. The maximum absolute atomic E-state index is 15.1. The molecular weight excluding hydrogens is 503 g/mol. The first-order valence-corrected chi connectivity index (χ1v) is 12.3. The van der Waals surface area contributed by atoms with Gasteiger partial charge in [-0.3, -0.25) is 4.79 Å². The molecule has 2 aliphatic heterocycles. The smallest absolute Gasteiger partial charge is 0.259 e. The summed E-state index contributed by atoms with van der Waals surface area (Å²) in [5.41, 5.74) is 8.71. The third-order valence-corrected chi connectivity index (χ3v) is 7.31. The number of hydrogen-bond acceptors (Lipinski definition) is 6. The SMILES string of the molecule is Nc1ncc([C@H]2C[C@H]3COC(=S)N3C2)cc1-c1ccc(C(=O)NC(CO)c2cccc(Cl)c2)c(F)c1. The lowest BCUT2D eigenvalue weighted by atomic mass is 9.94. The van der Waals surface area contributed by atoms with Gasteiger partial charge in [0.2, 0.25) is 0 Å². The standard InChI is InChI=1S/C26H24ClFN4O3S/c27-18-3-1-2-15(6-18)23(12-33)31-25(34)20-5-4-14(9-22(20)28)21-8-16(10-30-24(21)29)17-7-19-13-35-26(36)32(19)11-17/h1-6,8-10,17,19,23,33H,7,11-13H2,(H2,29,30)(H,31,34)/t17-,19-,23?/m0/s1. The molecule has 2 aromatic carbocycles. The largest absolute Gasteiger partial charge is 0.469 e. The monoisotopic (exact) mass is 526 g/mol. The van der Waals surface area contributed by atoms with Crippen LogP contribution in [0.1, 0.15) is 39.9 Å². The highest BCUT2D eigenvalue weighted by atomic mass is 35.5. The molecule has 0 aliphatic carbocycles. The molecule has 3 heterocycles. The van der Waals surface area contributed by atoms with Gasteiger partial charge >= 0.3 is 0 Å². The van der Waals surface area contributed by atoms with Gasteiger partial charge in [0, 0.05) is 29.2 Å². The van der Waals surface area contributed by atoms with Crippen molar-refractivity contribution in [2.45, 2.75) is 24.4 Å². The number of aliphatic hydroxyl groups is 1. The highest BCUT2D eigenvalue weighted by Gasteiger charge is 2.40. The normalized spacial score (nSPS) is 19.6. The van der Waals surface area contributed by atoms with E-state index in [0.29, 0.717) is 33.5 Å².